The topological polar surface area (TPSA) is 45.0 Å². The van der Waals surface area contributed by atoms with Gasteiger partial charge in [-0.15, -0.1) is 0 Å². The van der Waals surface area contributed by atoms with Crippen LogP contribution in [-0.4, -0.2) is 7.11 Å². The van der Waals surface area contributed by atoms with Gasteiger partial charge in [-0.05, 0) is 42.8 Å². The van der Waals surface area contributed by atoms with E-state index in [9.17, 15) is 4.39 Å². The highest BCUT2D eigenvalue weighted by molar-refractivity contribution is 6.33. The van der Waals surface area contributed by atoms with Gasteiger partial charge in [0.1, 0.15) is 0 Å². The fourth-order valence-corrected chi connectivity index (χ4v) is 2.14. The van der Waals surface area contributed by atoms with Gasteiger partial charge in [0.25, 0.3) is 0 Å². The number of nitriles is 1. The standard InChI is InChI=1S/C16H14ClFN2O/c1-10(12-4-6-14(18)16(8-12)21-2)20-15-7-11(9-19)3-5-13(15)17/h3-8,10,20H,1-2H3. The van der Waals surface area contributed by atoms with Crippen molar-refractivity contribution in [2.75, 3.05) is 12.4 Å². The Morgan fingerprint density at radius 3 is 2.71 bits per heavy atom. The van der Waals surface area contributed by atoms with Gasteiger partial charge in [-0.1, -0.05) is 17.7 Å². The minimum atomic E-state index is -0.405. The molecule has 0 saturated heterocycles. The monoisotopic (exact) mass is 304 g/mol. The van der Waals surface area contributed by atoms with Crippen LogP contribution in [-0.2, 0) is 0 Å². The number of nitrogens with zero attached hydrogens (tertiary/aromatic N) is 1. The van der Waals surface area contributed by atoms with E-state index in [-0.39, 0.29) is 11.8 Å². The van der Waals surface area contributed by atoms with Gasteiger partial charge in [0.15, 0.2) is 11.6 Å². The van der Waals surface area contributed by atoms with E-state index in [2.05, 4.69) is 11.4 Å². The van der Waals surface area contributed by atoms with E-state index in [4.69, 9.17) is 21.6 Å². The van der Waals surface area contributed by atoms with Crippen LogP contribution in [0.2, 0.25) is 5.02 Å². The third-order valence-electron chi connectivity index (χ3n) is 3.14. The largest absolute Gasteiger partial charge is 0.494 e. The van der Waals surface area contributed by atoms with Gasteiger partial charge in [0.2, 0.25) is 0 Å². The Labute approximate surface area is 127 Å². The maximum absolute atomic E-state index is 13.4. The molecule has 2 rings (SSSR count). The molecule has 0 aliphatic heterocycles. The normalized spacial score (nSPS) is 11.6. The predicted octanol–water partition coefficient (Wildman–Crippen LogP) is 4.53. The molecule has 1 atom stereocenters. The highest BCUT2D eigenvalue weighted by Crippen LogP contribution is 2.29. The van der Waals surface area contributed by atoms with Gasteiger partial charge in [0.05, 0.1) is 29.5 Å². The van der Waals surface area contributed by atoms with Gasteiger partial charge in [0, 0.05) is 6.04 Å². The van der Waals surface area contributed by atoms with Crippen molar-refractivity contribution in [3.63, 3.8) is 0 Å². The van der Waals surface area contributed by atoms with Crippen LogP contribution in [0.15, 0.2) is 36.4 Å². The van der Waals surface area contributed by atoms with E-state index in [0.29, 0.717) is 16.3 Å². The van der Waals surface area contributed by atoms with E-state index in [1.807, 2.05) is 6.92 Å². The molecule has 2 aromatic carbocycles. The Kier molecular flexibility index (Phi) is 4.66. The Morgan fingerprint density at radius 2 is 2.05 bits per heavy atom. The van der Waals surface area contributed by atoms with E-state index >= 15 is 0 Å². The molecule has 5 heteroatoms. The molecule has 1 N–H and O–H groups in total. The summed E-state index contributed by atoms with van der Waals surface area (Å²) in [5, 5.41) is 12.7. The van der Waals surface area contributed by atoms with Crippen LogP contribution in [0.1, 0.15) is 24.1 Å². The highest BCUT2D eigenvalue weighted by Gasteiger charge is 2.11. The lowest BCUT2D eigenvalue weighted by molar-refractivity contribution is 0.385. The minimum Gasteiger partial charge on any atom is -0.494 e. The van der Waals surface area contributed by atoms with Crippen LogP contribution in [0.3, 0.4) is 0 Å². The molecule has 0 radical (unpaired) electrons. The molecular weight excluding hydrogens is 291 g/mol. The summed E-state index contributed by atoms with van der Waals surface area (Å²) < 4.78 is 18.4. The third kappa shape index (κ3) is 3.45. The average molecular weight is 305 g/mol. The summed E-state index contributed by atoms with van der Waals surface area (Å²) in [6, 6.07) is 11.6. The molecule has 0 spiro atoms. The van der Waals surface area contributed by atoms with Crippen molar-refractivity contribution in [2.24, 2.45) is 0 Å². The van der Waals surface area contributed by atoms with Crippen LogP contribution < -0.4 is 10.1 Å². The van der Waals surface area contributed by atoms with Crippen molar-refractivity contribution in [2.45, 2.75) is 13.0 Å². The molecule has 0 bridgehead atoms. The van der Waals surface area contributed by atoms with Crippen molar-refractivity contribution in [3.8, 4) is 11.8 Å². The van der Waals surface area contributed by atoms with Crippen molar-refractivity contribution >= 4 is 17.3 Å². The molecule has 0 saturated carbocycles. The Morgan fingerprint density at radius 1 is 1.29 bits per heavy atom. The first-order valence-corrected chi connectivity index (χ1v) is 6.72. The quantitative estimate of drug-likeness (QED) is 0.902. The maximum Gasteiger partial charge on any atom is 0.165 e. The number of ether oxygens (including phenoxy) is 1. The average Bonchev–Trinajstić information content (AvgIpc) is 2.49. The van der Waals surface area contributed by atoms with Gasteiger partial charge >= 0.3 is 0 Å². The molecule has 2 aromatic rings. The summed E-state index contributed by atoms with van der Waals surface area (Å²) >= 11 is 6.11. The van der Waals surface area contributed by atoms with Crippen molar-refractivity contribution in [1.29, 1.82) is 5.26 Å². The first-order chi connectivity index (χ1) is 10.0. The second-order valence-corrected chi connectivity index (χ2v) is 4.97. The zero-order valence-electron chi connectivity index (χ0n) is 11.7. The first-order valence-electron chi connectivity index (χ1n) is 6.34. The lowest BCUT2D eigenvalue weighted by Gasteiger charge is -2.18. The molecule has 0 amide bonds. The van der Waals surface area contributed by atoms with Gasteiger partial charge in [-0.2, -0.15) is 5.26 Å². The van der Waals surface area contributed by atoms with Crippen LogP contribution >= 0.6 is 11.6 Å². The fourth-order valence-electron chi connectivity index (χ4n) is 1.97. The number of rotatable bonds is 4. The van der Waals surface area contributed by atoms with Crippen molar-refractivity contribution in [1.82, 2.24) is 0 Å². The highest BCUT2D eigenvalue weighted by atomic mass is 35.5. The molecule has 0 aliphatic carbocycles. The smallest absolute Gasteiger partial charge is 0.165 e. The third-order valence-corrected chi connectivity index (χ3v) is 3.47. The SMILES string of the molecule is COc1cc(C(C)Nc2cc(C#N)ccc2Cl)ccc1F. The lowest BCUT2D eigenvalue weighted by Crippen LogP contribution is -2.07. The second-order valence-electron chi connectivity index (χ2n) is 4.57. The summed E-state index contributed by atoms with van der Waals surface area (Å²) in [5.74, 6) is -0.212. The summed E-state index contributed by atoms with van der Waals surface area (Å²) in [6.45, 7) is 1.92. The van der Waals surface area contributed by atoms with Crippen LogP contribution in [0.25, 0.3) is 0 Å². The maximum atomic E-state index is 13.4. The zero-order chi connectivity index (χ0) is 15.4. The fraction of sp³-hybridized carbons (Fsp3) is 0.188. The number of halogens is 2. The number of anilines is 1. The van der Waals surface area contributed by atoms with E-state index < -0.39 is 5.82 Å². The summed E-state index contributed by atoms with van der Waals surface area (Å²) in [4.78, 5) is 0. The molecule has 0 fully saturated rings. The van der Waals surface area contributed by atoms with Gasteiger partial charge in [-0.25, -0.2) is 4.39 Å². The van der Waals surface area contributed by atoms with Crippen LogP contribution in [0, 0.1) is 17.1 Å². The molecule has 0 heterocycles. The number of methoxy groups -OCH3 is 1. The van der Waals surface area contributed by atoms with Crippen molar-refractivity contribution < 1.29 is 9.13 Å². The molecular formula is C16H14ClFN2O. The molecule has 0 aliphatic rings. The zero-order valence-corrected chi connectivity index (χ0v) is 12.4. The Bertz CT molecular complexity index is 697. The molecule has 21 heavy (non-hydrogen) atoms. The lowest BCUT2D eigenvalue weighted by atomic mass is 10.1. The Balaban J connectivity index is 2.26. The number of hydrogen-bond donors (Lipinski definition) is 1. The molecule has 108 valence electrons. The van der Waals surface area contributed by atoms with E-state index in [1.54, 1.807) is 30.3 Å². The minimum absolute atomic E-state index is 0.119. The van der Waals surface area contributed by atoms with E-state index in [1.165, 1.54) is 13.2 Å². The summed E-state index contributed by atoms with van der Waals surface area (Å²) in [6.07, 6.45) is 0. The summed E-state index contributed by atoms with van der Waals surface area (Å²) in [7, 11) is 1.42. The summed E-state index contributed by atoms with van der Waals surface area (Å²) in [5.41, 5.74) is 2.03. The van der Waals surface area contributed by atoms with Gasteiger partial charge < -0.3 is 10.1 Å². The number of hydrogen-bond acceptors (Lipinski definition) is 3. The van der Waals surface area contributed by atoms with Crippen LogP contribution in [0.5, 0.6) is 5.75 Å². The molecule has 3 nitrogen and oxygen atoms in total. The Hall–Kier alpha value is -2.25. The van der Waals surface area contributed by atoms with Gasteiger partial charge in [-0.3, -0.25) is 0 Å². The molecule has 0 aromatic heterocycles. The predicted molar refractivity (Wildman–Crippen MR) is 81.2 cm³/mol. The number of nitrogens with one attached hydrogen (secondary N) is 1. The first kappa shape index (κ1) is 15.1. The number of benzene rings is 2. The van der Waals surface area contributed by atoms with E-state index in [0.717, 1.165) is 5.56 Å². The second kappa shape index (κ2) is 6.47. The van der Waals surface area contributed by atoms with Crippen molar-refractivity contribution in [3.05, 3.63) is 58.4 Å². The molecule has 1 unspecified atom stereocenters. The van der Waals surface area contributed by atoms with Crippen LogP contribution in [0.4, 0.5) is 10.1 Å².